The van der Waals surface area contributed by atoms with Crippen LogP contribution in [0, 0.1) is 5.82 Å². The van der Waals surface area contributed by atoms with Crippen molar-refractivity contribution in [1.29, 1.82) is 0 Å². The van der Waals surface area contributed by atoms with E-state index in [4.69, 9.17) is 0 Å². The number of hydrogen-bond acceptors (Lipinski definition) is 4. The van der Waals surface area contributed by atoms with Gasteiger partial charge in [0.1, 0.15) is 10.7 Å². The number of amides is 1. The van der Waals surface area contributed by atoms with Crippen LogP contribution in [0.15, 0.2) is 29.2 Å². The summed E-state index contributed by atoms with van der Waals surface area (Å²) in [4.78, 5) is 13.5. The van der Waals surface area contributed by atoms with E-state index in [1.807, 2.05) is 0 Å². The van der Waals surface area contributed by atoms with Crippen LogP contribution in [0.2, 0.25) is 0 Å². The fourth-order valence-electron chi connectivity index (χ4n) is 2.35. The summed E-state index contributed by atoms with van der Waals surface area (Å²) < 4.78 is 40.2. The average molecular weight is 329 g/mol. The zero-order chi connectivity index (χ0) is 16.2. The molecule has 1 aromatic rings. The summed E-state index contributed by atoms with van der Waals surface area (Å²) in [6.07, 6.45) is 0.818. The van der Waals surface area contributed by atoms with E-state index in [1.165, 1.54) is 25.1 Å². The zero-order valence-electron chi connectivity index (χ0n) is 12.4. The summed E-state index contributed by atoms with van der Waals surface area (Å²) in [6.45, 7) is 4.10. The van der Waals surface area contributed by atoms with Gasteiger partial charge in [-0.15, -0.1) is 0 Å². The predicted octanol–water partition coefficient (Wildman–Crippen LogP) is 0.314. The first-order valence-corrected chi connectivity index (χ1v) is 8.66. The molecule has 0 aliphatic carbocycles. The fourth-order valence-corrected chi connectivity index (χ4v) is 3.62. The number of carbonyl (C=O) groups is 1. The lowest BCUT2D eigenvalue weighted by Crippen LogP contribution is -2.47. The first-order chi connectivity index (χ1) is 10.4. The van der Waals surface area contributed by atoms with Crippen molar-refractivity contribution in [3.63, 3.8) is 0 Å². The lowest BCUT2D eigenvalue weighted by atomic mass is 10.3. The molecule has 6 nitrogen and oxygen atoms in total. The van der Waals surface area contributed by atoms with E-state index in [0.717, 1.165) is 19.0 Å². The van der Waals surface area contributed by atoms with Crippen LogP contribution in [0.25, 0.3) is 0 Å². The highest BCUT2D eigenvalue weighted by atomic mass is 32.2. The van der Waals surface area contributed by atoms with Crippen molar-refractivity contribution in [1.82, 2.24) is 14.9 Å². The minimum Gasteiger partial charge on any atom is -0.340 e. The van der Waals surface area contributed by atoms with Crippen LogP contribution in [0.1, 0.15) is 13.3 Å². The van der Waals surface area contributed by atoms with Gasteiger partial charge in [-0.25, -0.2) is 12.8 Å². The van der Waals surface area contributed by atoms with Gasteiger partial charge in [-0.1, -0.05) is 12.1 Å². The molecule has 8 heteroatoms. The number of sulfonamides is 1. The first-order valence-electron chi connectivity index (χ1n) is 7.18. The Morgan fingerprint density at radius 3 is 2.77 bits per heavy atom. The van der Waals surface area contributed by atoms with Gasteiger partial charge in [0, 0.05) is 19.6 Å². The van der Waals surface area contributed by atoms with Gasteiger partial charge in [0.15, 0.2) is 0 Å². The lowest BCUT2D eigenvalue weighted by molar-refractivity contribution is -0.132. The van der Waals surface area contributed by atoms with Crippen LogP contribution >= 0.6 is 0 Å². The van der Waals surface area contributed by atoms with Crippen LogP contribution in [0.3, 0.4) is 0 Å². The maximum atomic E-state index is 13.6. The molecular weight excluding hydrogens is 309 g/mol. The van der Waals surface area contributed by atoms with Crippen molar-refractivity contribution in [2.24, 2.45) is 0 Å². The molecule has 22 heavy (non-hydrogen) atoms. The van der Waals surface area contributed by atoms with Crippen LogP contribution in [0.5, 0.6) is 0 Å². The van der Waals surface area contributed by atoms with Gasteiger partial charge in [-0.05, 0) is 32.0 Å². The van der Waals surface area contributed by atoms with Gasteiger partial charge >= 0.3 is 0 Å². The maximum absolute atomic E-state index is 13.6. The van der Waals surface area contributed by atoms with Crippen molar-refractivity contribution in [3.8, 4) is 0 Å². The highest BCUT2D eigenvalue weighted by molar-refractivity contribution is 7.89. The molecule has 0 aromatic heterocycles. The van der Waals surface area contributed by atoms with Gasteiger partial charge < -0.3 is 10.2 Å². The van der Waals surface area contributed by atoms with Gasteiger partial charge in [0.2, 0.25) is 15.9 Å². The van der Waals surface area contributed by atoms with Gasteiger partial charge in [-0.2, -0.15) is 4.72 Å². The molecule has 1 fully saturated rings. The molecule has 1 heterocycles. The number of nitrogens with zero attached hydrogens (tertiary/aromatic N) is 1. The Hall–Kier alpha value is -1.51. The van der Waals surface area contributed by atoms with Crippen LogP contribution in [-0.4, -0.2) is 51.4 Å². The van der Waals surface area contributed by atoms with E-state index in [9.17, 15) is 17.6 Å². The molecular formula is C14H20FN3O3S. The largest absolute Gasteiger partial charge is 0.340 e. The fraction of sp³-hybridized carbons (Fsp3) is 0.500. The summed E-state index contributed by atoms with van der Waals surface area (Å²) in [5.41, 5.74) is 0. The Balaban J connectivity index is 2.08. The zero-order valence-corrected chi connectivity index (χ0v) is 13.2. The molecule has 0 saturated carbocycles. The third kappa shape index (κ3) is 4.02. The van der Waals surface area contributed by atoms with E-state index in [-0.39, 0.29) is 5.91 Å². The maximum Gasteiger partial charge on any atom is 0.244 e. The molecule has 1 saturated heterocycles. The summed E-state index contributed by atoms with van der Waals surface area (Å²) in [6, 6.07) is 4.15. The number of benzene rings is 1. The quantitative estimate of drug-likeness (QED) is 0.834. The lowest BCUT2D eigenvalue weighted by Gasteiger charge is -2.24. The van der Waals surface area contributed by atoms with Gasteiger partial charge in [-0.3, -0.25) is 4.79 Å². The van der Waals surface area contributed by atoms with Gasteiger partial charge in [0.25, 0.3) is 0 Å². The molecule has 0 radical (unpaired) electrons. The Morgan fingerprint density at radius 1 is 1.32 bits per heavy atom. The second-order valence-electron chi connectivity index (χ2n) is 5.20. The highest BCUT2D eigenvalue weighted by Crippen LogP contribution is 2.14. The van der Waals surface area contributed by atoms with Crippen molar-refractivity contribution in [3.05, 3.63) is 30.1 Å². The third-order valence-corrected chi connectivity index (χ3v) is 5.05. The van der Waals surface area contributed by atoms with Crippen molar-refractivity contribution in [2.75, 3.05) is 26.2 Å². The molecule has 1 aromatic carbocycles. The number of halogens is 1. The number of rotatable bonds is 4. The summed E-state index contributed by atoms with van der Waals surface area (Å²) in [5, 5.41) is 3.17. The molecule has 0 bridgehead atoms. The molecule has 1 amide bonds. The van der Waals surface area contributed by atoms with Crippen LogP contribution in [-0.2, 0) is 14.8 Å². The number of carbonyl (C=O) groups excluding carboxylic acids is 1. The molecule has 1 unspecified atom stereocenters. The van der Waals surface area contributed by atoms with Gasteiger partial charge in [0.05, 0.1) is 6.04 Å². The van der Waals surface area contributed by atoms with Crippen LogP contribution in [0.4, 0.5) is 4.39 Å². The topological polar surface area (TPSA) is 78.5 Å². The van der Waals surface area contributed by atoms with E-state index in [2.05, 4.69) is 10.0 Å². The summed E-state index contributed by atoms with van der Waals surface area (Å²) in [5.74, 6) is -1.14. The number of nitrogens with one attached hydrogen (secondary N) is 2. The predicted molar refractivity (Wildman–Crippen MR) is 80.3 cm³/mol. The summed E-state index contributed by atoms with van der Waals surface area (Å²) >= 11 is 0. The Labute approximate surface area is 129 Å². The minimum absolute atomic E-state index is 0.302. The Kier molecular flexibility index (Phi) is 5.49. The van der Waals surface area contributed by atoms with Crippen molar-refractivity contribution < 1.29 is 17.6 Å². The van der Waals surface area contributed by atoms with E-state index >= 15 is 0 Å². The van der Waals surface area contributed by atoms with Crippen LogP contribution < -0.4 is 10.0 Å². The Bertz CT molecular complexity index is 628. The summed E-state index contributed by atoms with van der Waals surface area (Å²) in [7, 11) is -4.07. The second-order valence-corrected chi connectivity index (χ2v) is 6.88. The van der Waals surface area contributed by atoms with Crippen molar-refractivity contribution in [2.45, 2.75) is 24.3 Å². The molecule has 122 valence electrons. The third-order valence-electron chi connectivity index (χ3n) is 3.48. The SMILES string of the molecule is CC(NS(=O)(=O)c1ccccc1F)C(=O)N1CCCNCC1. The monoisotopic (exact) mass is 329 g/mol. The Morgan fingerprint density at radius 2 is 2.05 bits per heavy atom. The second kappa shape index (κ2) is 7.17. The number of hydrogen-bond donors (Lipinski definition) is 2. The standard InChI is InChI=1S/C14H20FN3O3S/c1-11(14(19)18-9-4-7-16-8-10-18)17-22(20,21)13-6-3-2-5-12(13)15/h2-3,5-6,11,16-17H,4,7-10H2,1H3. The molecule has 2 N–H and O–H groups in total. The van der Waals surface area contributed by atoms with E-state index < -0.39 is 26.8 Å². The molecule has 0 spiro atoms. The van der Waals surface area contributed by atoms with E-state index in [1.54, 1.807) is 4.90 Å². The normalized spacial score (nSPS) is 17.8. The van der Waals surface area contributed by atoms with E-state index in [0.29, 0.717) is 19.6 Å². The average Bonchev–Trinajstić information content (AvgIpc) is 2.75. The minimum atomic E-state index is -4.07. The smallest absolute Gasteiger partial charge is 0.244 e. The molecule has 1 aliphatic rings. The molecule has 1 aliphatic heterocycles. The molecule has 2 rings (SSSR count). The van der Waals surface area contributed by atoms with Crippen molar-refractivity contribution >= 4 is 15.9 Å². The first kappa shape index (κ1) is 16.9. The highest BCUT2D eigenvalue weighted by Gasteiger charge is 2.27. The molecule has 1 atom stereocenters.